The number of rotatable bonds is 3. The molecule has 3 N–H and O–H groups in total. The van der Waals surface area contributed by atoms with Gasteiger partial charge in [0.05, 0.1) is 16.8 Å². The van der Waals surface area contributed by atoms with Gasteiger partial charge in [-0.05, 0) is 36.8 Å². The molecular weight excluding hydrogens is 294 g/mol. The standard InChI is InChI=1S/C15H12ClNO4/c1-8-3-2-4-11(13(8)15(20)21)17-14(19)10-6-5-9(16)7-12(10)18/h2-7,18H,1H3,(H,17,19)(H,20,21). The minimum absolute atomic E-state index is 0.0113. The van der Waals surface area contributed by atoms with Crippen LogP contribution in [0.1, 0.15) is 26.3 Å². The first-order valence-corrected chi connectivity index (χ1v) is 6.40. The molecule has 2 aromatic rings. The Hall–Kier alpha value is -2.53. The quantitative estimate of drug-likeness (QED) is 0.812. The van der Waals surface area contributed by atoms with E-state index in [1.807, 2.05) is 0 Å². The summed E-state index contributed by atoms with van der Waals surface area (Å²) in [6.07, 6.45) is 0. The lowest BCUT2D eigenvalue weighted by Crippen LogP contribution is -2.15. The molecule has 0 aliphatic heterocycles. The second-order valence-corrected chi connectivity index (χ2v) is 4.85. The van der Waals surface area contributed by atoms with E-state index in [1.54, 1.807) is 19.1 Å². The first-order chi connectivity index (χ1) is 9.90. The highest BCUT2D eigenvalue weighted by Gasteiger charge is 2.17. The van der Waals surface area contributed by atoms with E-state index in [0.717, 1.165) is 0 Å². The van der Waals surface area contributed by atoms with Crippen LogP contribution in [0.25, 0.3) is 0 Å². The van der Waals surface area contributed by atoms with Gasteiger partial charge in [0.2, 0.25) is 0 Å². The summed E-state index contributed by atoms with van der Waals surface area (Å²) in [5.41, 5.74) is 0.721. The van der Waals surface area contributed by atoms with E-state index in [0.29, 0.717) is 10.6 Å². The van der Waals surface area contributed by atoms with Crippen molar-refractivity contribution in [1.29, 1.82) is 0 Å². The Bertz CT molecular complexity index is 728. The molecular formula is C15H12ClNO4. The van der Waals surface area contributed by atoms with Crippen molar-refractivity contribution in [2.75, 3.05) is 5.32 Å². The summed E-state index contributed by atoms with van der Waals surface area (Å²) in [5.74, 6) is -2.02. The Balaban J connectivity index is 2.36. The van der Waals surface area contributed by atoms with Crippen molar-refractivity contribution >= 4 is 29.2 Å². The molecule has 2 aromatic carbocycles. The average Bonchev–Trinajstić information content (AvgIpc) is 2.37. The number of carbonyl (C=O) groups is 2. The van der Waals surface area contributed by atoms with Gasteiger partial charge in [-0.15, -0.1) is 0 Å². The number of aryl methyl sites for hydroxylation is 1. The molecule has 0 aliphatic carbocycles. The molecule has 0 atom stereocenters. The highest BCUT2D eigenvalue weighted by atomic mass is 35.5. The third kappa shape index (κ3) is 3.14. The first kappa shape index (κ1) is 14.9. The normalized spacial score (nSPS) is 10.2. The van der Waals surface area contributed by atoms with Crippen molar-refractivity contribution in [1.82, 2.24) is 0 Å². The number of phenolic OH excluding ortho intramolecular Hbond substituents is 1. The molecule has 0 fully saturated rings. The highest BCUT2D eigenvalue weighted by Crippen LogP contribution is 2.25. The number of benzene rings is 2. The molecule has 0 aromatic heterocycles. The van der Waals surface area contributed by atoms with Gasteiger partial charge in [0.1, 0.15) is 5.75 Å². The molecule has 21 heavy (non-hydrogen) atoms. The van der Waals surface area contributed by atoms with Gasteiger partial charge in [-0.2, -0.15) is 0 Å². The summed E-state index contributed by atoms with van der Waals surface area (Å²) in [4.78, 5) is 23.4. The highest BCUT2D eigenvalue weighted by molar-refractivity contribution is 6.31. The summed E-state index contributed by atoms with van der Waals surface area (Å²) < 4.78 is 0. The molecule has 0 saturated carbocycles. The van der Waals surface area contributed by atoms with E-state index in [1.165, 1.54) is 24.3 Å². The van der Waals surface area contributed by atoms with E-state index < -0.39 is 11.9 Å². The van der Waals surface area contributed by atoms with Crippen LogP contribution in [0.2, 0.25) is 5.02 Å². The largest absolute Gasteiger partial charge is 0.507 e. The zero-order valence-corrected chi connectivity index (χ0v) is 11.8. The van der Waals surface area contributed by atoms with E-state index in [4.69, 9.17) is 11.6 Å². The third-order valence-corrected chi connectivity index (χ3v) is 3.17. The van der Waals surface area contributed by atoms with Crippen LogP contribution in [-0.4, -0.2) is 22.1 Å². The molecule has 0 bridgehead atoms. The Morgan fingerprint density at radius 1 is 1.19 bits per heavy atom. The van der Waals surface area contributed by atoms with Crippen molar-refractivity contribution in [2.45, 2.75) is 6.92 Å². The number of anilines is 1. The van der Waals surface area contributed by atoms with Crippen LogP contribution in [0.5, 0.6) is 5.75 Å². The van der Waals surface area contributed by atoms with Crippen molar-refractivity contribution in [3.63, 3.8) is 0 Å². The zero-order valence-electron chi connectivity index (χ0n) is 11.1. The van der Waals surface area contributed by atoms with Gasteiger partial charge in [-0.3, -0.25) is 4.79 Å². The number of carboxylic acid groups (broad SMARTS) is 1. The number of halogens is 1. The van der Waals surface area contributed by atoms with Gasteiger partial charge in [-0.25, -0.2) is 4.79 Å². The maximum absolute atomic E-state index is 12.1. The number of carbonyl (C=O) groups excluding carboxylic acids is 1. The van der Waals surface area contributed by atoms with Crippen LogP contribution in [0.4, 0.5) is 5.69 Å². The molecule has 2 rings (SSSR count). The summed E-state index contributed by atoms with van der Waals surface area (Å²) in [5, 5.41) is 21.7. The van der Waals surface area contributed by atoms with E-state index in [2.05, 4.69) is 5.32 Å². The molecule has 0 unspecified atom stereocenters. The summed E-state index contributed by atoms with van der Waals surface area (Å²) in [7, 11) is 0. The van der Waals surface area contributed by atoms with Crippen LogP contribution >= 0.6 is 11.6 Å². The van der Waals surface area contributed by atoms with Crippen LogP contribution < -0.4 is 5.32 Å². The molecule has 6 heteroatoms. The topological polar surface area (TPSA) is 86.6 Å². The van der Waals surface area contributed by atoms with Crippen LogP contribution in [0.15, 0.2) is 36.4 Å². The Labute approximate surface area is 125 Å². The Morgan fingerprint density at radius 3 is 2.52 bits per heavy atom. The minimum atomic E-state index is -1.14. The fraction of sp³-hybridized carbons (Fsp3) is 0.0667. The van der Waals surface area contributed by atoms with Gasteiger partial charge >= 0.3 is 5.97 Å². The maximum atomic E-state index is 12.1. The van der Waals surface area contributed by atoms with Gasteiger partial charge in [0.15, 0.2) is 0 Å². The van der Waals surface area contributed by atoms with Crippen LogP contribution in [-0.2, 0) is 0 Å². The number of aromatic carboxylic acids is 1. The lowest BCUT2D eigenvalue weighted by molar-refractivity contribution is 0.0697. The predicted octanol–water partition coefficient (Wildman–Crippen LogP) is 3.30. The average molecular weight is 306 g/mol. The second-order valence-electron chi connectivity index (χ2n) is 4.42. The number of carboxylic acids is 1. The van der Waals surface area contributed by atoms with Crippen molar-refractivity contribution in [2.24, 2.45) is 0 Å². The van der Waals surface area contributed by atoms with Gasteiger partial charge in [-0.1, -0.05) is 23.7 Å². The fourth-order valence-electron chi connectivity index (χ4n) is 1.94. The minimum Gasteiger partial charge on any atom is -0.507 e. The lowest BCUT2D eigenvalue weighted by atomic mass is 10.1. The first-order valence-electron chi connectivity index (χ1n) is 6.03. The summed E-state index contributed by atoms with van der Waals surface area (Å²) in [6.45, 7) is 1.64. The molecule has 0 radical (unpaired) electrons. The molecule has 1 amide bonds. The van der Waals surface area contributed by atoms with Crippen molar-refractivity contribution < 1.29 is 19.8 Å². The molecule has 0 spiro atoms. The number of amides is 1. The SMILES string of the molecule is Cc1cccc(NC(=O)c2ccc(Cl)cc2O)c1C(=O)O. The summed E-state index contributed by atoms with van der Waals surface area (Å²) in [6, 6.07) is 8.83. The molecule has 5 nitrogen and oxygen atoms in total. The van der Waals surface area contributed by atoms with E-state index in [-0.39, 0.29) is 22.6 Å². The Kier molecular flexibility index (Phi) is 4.14. The van der Waals surface area contributed by atoms with E-state index >= 15 is 0 Å². The molecule has 0 saturated heterocycles. The Morgan fingerprint density at radius 2 is 1.90 bits per heavy atom. The van der Waals surface area contributed by atoms with Crippen LogP contribution in [0.3, 0.4) is 0 Å². The monoisotopic (exact) mass is 305 g/mol. The van der Waals surface area contributed by atoms with Gasteiger partial charge < -0.3 is 15.5 Å². The third-order valence-electron chi connectivity index (χ3n) is 2.94. The maximum Gasteiger partial charge on any atom is 0.338 e. The molecule has 0 heterocycles. The van der Waals surface area contributed by atoms with Gasteiger partial charge in [0, 0.05) is 5.02 Å². The number of hydrogen-bond acceptors (Lipinski definition) is 3. The van der Waals surface area contributed by atoms with Gasteiger partial charge in [0.25, 0.3) is 5.91 Å². The summed E-state index contributed by atoms with van der Waals surface area (Å²) >= 11 is 5.70. The van der Waals surface area contributed by atoms with Crippen LogP contribution in [0, 0.1) is 6.92 Å². The predicted molar refractivity (Wildman–Crippen MR) is 79.2 cm³/mol. The molecule has 0 aliphatic rings. The number of hydrogen-bond donors (Lipinski definition) is 3. The molecule has 108 valence electrons. The second kappa shape index (κ2) is 5.85. The lowest BCUT2D eigenvalue weighted by Gasteiger charge is -2.11. The number of phenols is 1. The number of nitrogens with one attached hydrogen (secondary N) is 1. The smallest absolute Gasteiger partial charge is 0.338 e. The van der Waals surface area contributed by atoms with E-state index in [9.17, 15) is 19.8 Å². The van der Waals surface area contributed by atoms with Crippen molar-refractivity contribution in [3.05, 3.63) is 58.1 Å². The zero-order chi connectivity index (χ0) is 15.6. The van der Waals surface area contributed by atoms with Crippen molar-refractivity contribution in [3.8, 4) is 5.75 Å². The number of aromatic hydroxyl groups is 1. The fourth-order valence-corrected chi connectivity index (χ4v) is 2.11.